The number of rotatable bonds is 8. The van der Waals surface area contributed by atoms with Crippen molar-refractivity contribution in [3.63, 3.8) is 0 Å². The van der Waals surface area contributed by atoms with Crippen molar-refractivity contribution in [1.82, 2.24) is 36.0 Å². The Morgan fingerprint density at radius 2 is 2.06 bits per heavy atom. The summed E-state index contributed by atoms with van der Waals surface area (Å²) in [6.45, 7) is 7.22. The van der Waals surface area contributed by atoms with Gasteiger partial charge in [-0.15, -0.1) is 0 Å². The molecule has 0 aromatic carbocycles. The molecule has 2 amide bonds. The van der Waals surface area contributed by atoms with E-state index in [9.17, 15) is 9.59 Å². The number of methoxy groups -OCH3 is 1. The van der Waals surface area contributed by atoms with Crippen LogP contribution < -0.4 is 21.3 Å². The number of ether oxygens (including phenoxy) is 1. The predicted molar refractivity (Wildman–Crippen MR) is 134 cm³/mol. The zero-order valence-corrected chi connectivity index (χ0v) is 21.2. The van der Waals surface area contributed by atoms with Gasteiger partial charge >= 0.3 is 0 Å². The van der Waals surface area contributed by atoms with Crippen LogP contribution in [-0.2, 0) is 14.3 Å². The molecule has 0 radical (unpaired) electrons. The minimum atomic E-state index is -0.153. The first kappa shape index (κ1) is 25.6. The van der Waals surface area contributed by atoms with Crippen LogP contribution >= 0.6 is 12.2 Å². The molecule has 34 heavy (non-hydrogen) atoms. The number of fused-ring (bicyclic) bond motifs is 1. The molecule has 4 aliphatic heterocycles. The van der Waals surface area contributed by atoms with E-state index in [1.165, 1.54) is 19.3 Å². The van der Waals surface area contributed by atoms with Gasteiger partial charge in [-0.2, -0.15) is 0 Å². The number of thiocarbonyl (C=S) groups is 1. The molecule has 0 bridgehead atoms. The summed E-state index contributed by atoms with van der Waals surface area (Å²) < 4.78 is 5.04. The summed E-state index contributed by atoms with van der Waals surface area (Å²) in [7, 11) is 1.66. The topological polar surface area (TPSA) is 101 Å². The third kappa shape index (κ3) is 6.57. The molecule has 4 aliphatic rings. The minimum absolute atomic E-state index is 0.0811. The molecule has 0 aliphatic carbocycles. The third-order valence-corrected chi connectivity index (χ3v) is 7.90. The lowest BCUT2D eigenvalue weighted by Crippen LogP contribution is -2.58. The van der Waals surface area contributed by atoms with E-state index in [-0.39, 0.29) is 29.9 Å². The highest BCUT2D eigenvalue weighted by Crippen LogP contribution is 2.26. The Labute approximate surface area is 208 Å². The number of hydrogen-bond donors (Lipinski definition) is 4. The fourth-order valence-electron chi connectivity index (χ4n) is 5.73. The fraction of sp³-hybridized carbons (Fsp3) is 0.870. The van der Waals surface area contributed by atoms with Crippen LogP contribution in [0.25, 0.3) is 0 Å². The first-order chi connectivity index (χ1) is 16.5. The molecule has 4 rings (SSSR count). The van der Waals surface area contributed by atoms with Gasteiger partial charge in [-0.1, -0.05) is 0 Å². The zero-order chi connectivity index (χ0) is 23.9. The molecule has 192 valence electrons. The van der Waals surface area contributed by atoms with Crippen LogP contribution in [0.2, 0.25) is 0 Å². The maximum Gasteiger partial charge on any atom is 0.237 e. The quantitative estimate of drug-likeness (QED) is 0.251. The smallest absolute Gasteiger partial charge is 0.237 e. The summed E-state index contributed by atoms with van der Waals surface area (Å²) >= 11 is 5.38. The lowest BCUT2D eigenvalue weighted by atomic mass is 10.0. The van der Waals surface area contributed by atoms with Crippen LogP contribution in [0.15, 0.2) is 0 Å². The molecule has 4 saturated heterocycles. The van der Waals surface area contributed by atoms with Gasteiger partial charge in [-0.25, -0.2) is 0 Å². The first-order valence-electron chi connectivity index (χ1n) is 12.9. The molecule has 4 atom stereocenters. The average molecular weight is 496 g/mol. The standard InChI is InChI=1S/C23H41N7O3S/c1-33-13-8-25-23(34)27-17-14-19-22(32)26-15-18(30(19)16-17)5-6-21(31)29-11-9-28(10-12-29)20-4-2-3-7-24-20/h17-20,24H,2-16H2,1H3,(H,26,32)(H2,25,27,34). The molecule has 4 fully saturated rings. The lowest BCUT2D eigenvalue weighted by Gasteiger charge is -2.41. The highest BCUT2D eigenvalue weighted by atomic mass is 32.1. The van der Waals surface area contributed by atoms with Crippen molar-refractivity contribution >= 4 is 29.1 Å². The number of nitrogens with one attached hydrogen (secondary N) is 4. The second-order valence-electron chi connectivity index (χ2n) is 9.86. The number of piperidine rings is 1. The van der Waals surface area contributed by atoms with Crippen molar-refractivity contribution in [2.45, 2.75) is 62.8 Å². The van der Waals surface area contributed by atoms with Gasteiger partial charge in [0.2, 0.25) is 11.8 Å². The Kier molecular flexibility index (Phi) is 9.35. The Hall–Kier alpha value is -1.53. The molecule has 0 saturated carbocycles. The number of hydrogen-bond acceptors (Lipinski definition) is 7. The van der Waals surface area contributed by atoms with E-state index in [1.54, 1.807) is 7.11 Å². The van der Waals surface area contributed by atoms with Crippen molar-refractivity contribution in [2.75, 3.05) is 66.1 Å². The van der Waals surface area contributed by atoms with Crippen molar-refractivity contribution in [1.29, 1.82) is 0 Å². The maximum absolute atomic E-state index is 13.0. The molecule has 11 heteroatoms. The van der Waals surface area contributed by atoms with Crippen molar-refractivity contribution in [3.8, 4) is 0 Å². The van der Waals surface area contributed by atoms with E-state index in [0.29, 0.717) is 37.4 Å². The summed E-state index contributed by atoms with van der Waals surface area (Å²) in [4.78, 5) is 32.2. The van der Waals surface area contributed by atoms with Crippen LogP contribution in [-0.4, -0.2) is 122 Å². The van der Waals surface area contributed by atoms with Gasteiger partial charge in [0, 0.05) is 71.4 Å². The van der Waals surface area contributed by atoms with E-state index in [4.69, 9.17) is 17.0 Å². The highest BCUT2D eigenvalue weighted by molar-refractivity contribution is 7.80. The number of piperazine rings is 2. The van der Waals surface area contributed by atoms with E-state index in [2.05, 4.69) is 31.1 Å². The molecule has 0 aromatic heterocycles. The summed E-state index contributed by atoms with van der Waals surface area (Å²) in [5, 5.41) is 13.7. The maximum atomic E-state index is 13.0. The fourth-order valence-corrected chi connectivity index (χ4v) is 6.00. The Morgan fingerprint density at radius 3 is 2.79 bits per heavy atom. The zero-order valence-electron chi connectivity index (χ0n) is 20.4. The van der Waals surface area contributed by atoms with Gasteiger partial charge in [0.25, 0.3) is 0 Å². The Balaban J connectivity index is 1.21. The number of carbonyl (C=O) groups is 2. The Morgan fingerprint density at radius 1 is 1.24 bits per heavy atom. The normalized spacial score (nSPS) is 30.5. The summed E-state index contributed by atoms with van der Waals surface area (Å²) in [5.74, 6) is 0.319. The lowest BCUT2D eigenvalue weighted by molar-refractivity contribution is -0.134. The van der Waals surface area contributed by atoms with Gasteiger partial charge in [-0.05, 0) is 50.9 Å². The summed E-state index contributed by atoms with van der Waals surface area (Å²) in [5.41, 5.74) is 0. The summed E-state index contributed by atoms with van der Waals surface area (Å²) in [6, 6.07) is 0.150. The number of nitrogens with zero attached hydrogens (tertiary/aromatic N) is 3. The molecule has 4 unspecified atom stereocenters. The monoisotopic (exact) mass is 495 g/mol. The van der Waals surface area contributed by atoms with E-state index < -0.39 is 0 Å². The SMILES string of the molecule is COCCNC(=S)NC1CC2C(=O)NCC(CCC(=O)N3CCN(C4CCCCN4)CC3)N2C1. The third-order valence-electron chi connectivity index (χ3n) is 7.63. The average Bonchev–Trinajstić information content (AvgIpc) is 3.29. The number of amides is 2. The van der Waals surface area contributed by atoms with Crippen molar-refractivity contribution in [2.24, 2.45) is 0 Å². The largest absolute Gasteiger partial charge is 0.383 e. The van der Waals surface area contributed by atoms with Crippen LogP contribution in [0, 0.1) is 0 Å². The summed E-state index contributed by atoms with van der Waals surface area (Å²) in [6.07, 6.45) is 6.27. The molecular weight excluding hydrogens is 454 g/mol. The van der Waals surface area contributed by atoms with Crippen LogP contribution in [0.3, 0.4) is 0 Å². The molecule has 4 N–H and O–H groups in total. The second-order valence-corrected chi connectivity index (χ2v) is 10.3. The van der Waals surface area contributed by atoms with Gasteiger partial charge < -0.3 is 30.9 Å². The van der Waals surface area contributed by atoms with Crippen LogP contribution in [0.1, 0.15) is 38.5 Å². The van der Waals surface area contributed by atoms with Crippen LogP contribution in [0.4, 0.5) is 0 Å². The van der Waals surface area contributed by atoms with Crippen molar-refractivity contribution in [3.05, 3.63) is 0 Å². The molecule has 0 spiro atoms. The van der Waals surface area contributed by atoms with Gasteiger partial charge in [0.1, 0.15) is 0 Å². The van der Waals surface area contributed by atoms with Gasteiger partial charge in [-0.3, -0.25) is 19.4 Å². The van der Waals surface area contributed by atoms with Gasteiger partial charge in [0.05, 0.1) is 18.8 Å². The van der Waals surface area contributed by atoms with E-state index in [1.807, 2.05) is 4.90 Å². The number of carbonyl (C=O) groups excluding carboxylic acids is 2. The predicted octanol–water partition coefficient (Wildman–Crippen LogP) is -0.938. The Bertz CT molecular complexity index is 713. The van der Waals surface area contributed by atoms with Gasteiger partial charge in [0.15, 0.2) is 5.11 Å². The molecule has 10 nitrogen and oxygen atoms in total. The molecule has 4 heterocycles. The first-order valence-corrected chi connectivity index (χ1v) is 13.3. The second kappa shape index (κ2) is 12.4. The molecule has 0 aromatic rings. The minimum Gasteiger partial charge on any atom is -0.383 e. The van der Waals surface area contributed by atoms with Crippen molar-refractivity contribution < 1.29 is 14.3 Å². The van der Waals surface area contributed by atoms with Crippen LogP contribution in [0.5, 0.6) is 0 Å². The molecular formula is C23H41N7O3S. The highest BCUT2D eigenvalue weighted by Gasteiger charge is 2.43. The van der Waals surface area contributed by atoms with E-state index >= 15 is 0 Å². The van der Waals surface area contributed by atoms with E-state index in [0.717, 1.165) is 52.1 Å².